The summed E-state index contributed by atoms with van der Waals surface area (Å²) in [6.45, 7) is 4.56. The van der Waals surface area contributed by atoms with Crippen molar-refractivity contribution in [3.8, 4) is 11.5 Å². The van der Waals surface area contributed by atoms with Gasteiger partial charge in [-0.1, -0.05) is 44.2 Å². The second kappa shape index (κ2) is 9.50. The minimum Gasteiger partial charge on any atom is -0.455 e. The number of carbonyl (C=O) groups excluding carboxylic acids is 2. The Morgan fingerprint density at radius 1 is 0.966 bits per heavy atom. The maximum absolute atomic E-state index is 12.7. The molecule has 0 aliphatic heterocycles. The van der Waals surface area contributed by atoms with E-state index in [0.717, 1.165) is 0 Å². The number of amides is 2. The largest absolute Gasteiger partial charge is 0.455 e. The van der Waals surface area contributed by atoms with Crippen LogP contribution in [0.4, 0.5) is 5.69 Å². The third-order valence-corrected chi connectivity index (χ3v) is 4.03. The van der Waals surface area contributed by atoms with Crippen molar-refractivity contribution in [2.45, 2.75) is 13.8 Å². The van der Waals surface area contributed by atoms with Gasteiger partial charge in [-0.25, -0.2) is 0 Å². The Hall–Kier alpha value is -3.67. The van der Waals surface area contributed by atoms with Crippen LogP contribution in [0.1, 0.15) is 34.7 Å². The first kappa shape index (κ1) is 20.1. The standard InChI is InChI=1S/C23H23N3O3/c1-16(2)15-25-23(28)20-14-17(12-13-24-20)22(27)26-19-10-6-7-11-21(19)29-18-8-4-3-5-9-18/h3-14,16H,15H2,1-2H3,(H,25,28)(H,26,27). The maximum atomic E-state index is 12.7. The van der Waals surface area contributed by atoms with Crippen LogP contribution in [0.2, 0.25) is 0 Å². The van der Waals surface area contributed by atoms with Gasteiger partial charge >= 0.3 is 0 Å². The molecule has 0 saturated heterocycles. The quantitative estimate of drug-likeness (QED) is 0.623. The van der Waals surface area contributed by atoms with E-state index in [1.54, 1.807) is 18.2 Å². The Morgan fingerprint density at radius 3 is 2.45 bits per heavy atom. The maximum Gasteiger partial charge on any atom is 0.269 e. The first-order valence-corrected chi connectivity index (χ1v) is 9.40. The summed E-state index contributed by atoms with van der Waals surface area (Å²) >= 11 is 0. The van der Waals surface area contributed by atoms with Crippen LogP contribution in [-0.2, 0) is 0 Å². The molecule has 0 fully saturated rings. The number of rotatable bonds is 7. The van der Waals surface area contributed by atoms with Gasteiger partial charge in [0.2, 0.25) is 0 Å². The first-order valence-electron chi connectivity index (χ1n) is 9.40. The molecule has 0 saturated carbocycles. The SMILES string of the molecule is CC(C)CNC(=O)c1cc(C(=O)Nc2ccccc2Oc2ccccc2)ccn1. The summed E-state index contributed by atoms with van der Waals surface area (Å²) < 4.78 is 5.87. The predicted molar refractivity (Wildman–Crippen MR) is 112 cm³/mol. The van der Waals surface area contributed by atoms with Crippen LogP contribution in [0, 0.1) is 5.92 Å². The van der Waals surface area contributed by atoms with Gasteiger partial charge in [-0.05, 0) is 42.3 Å². The number of hydrogen-bond donors (Lipinski definition) is 2. The van der Waals surface area contributed by atoms with Crippen LogP contribution >= 0.6 is 0 Å². The van der Waals surface area contributed by atoms with E-state index in [-0.39, 0.29) is 17.5 Å². The van der Waals surface area contributed by atoms with E-state index < -0.39 is 0 Å². The normalized spacial score (nSPS) is 10.4. The van der Waals surface area contributed by atoms with Crippen molar-refractivity contribution < 1.29 is 14.3 Å². The molecule has 29 heavy (non-hydrogen) atoms. The molecule has 0 radical (unpaired) electrons. The van der Waals surface area contributed by atoms with Gasteiger partial charge in [-0.2, -0.15) is 0 Å². The first-order chi connectivity index (χ1) is 14.0. The summed E-state index contributed by atoms with van der Waals surface area (Å²) in [6, 6.07) is 19.5. The van der Waals surface area contributed by atoms with E-state index >= 15 is 0 Å². The number of aromatic nitrogens is 1. The van der Waals surface area contributed by atoms with E-state index in [0.29, 0.717) is 35.2 Å². The zero-order chi connectivity index (χ0) is 20.6. The number of nitrogens with zero attached hydrogens (tertiary/aromatic N) is 1. The molecule has 0 aliphatic carbocycles. The van der Waals surface area contributed by atoms with Crippen LogP contribution < -0.4 is 15.4 Å². The zero-order valence-corrected chi connectivity index (χ0v) is 16.4. The Labute approximate surface area is 169 Å². The number of pyridine rings is 1. The number of ether oxygens (including phenoxy) is 1. The third-order valence-electron chi connectivity index (χ3n) is 4.03. The highest BCUT2D eigenvalue weighted by molar-refractivity contribution is 6.06. The van der Waals surface area contributed by atoms with E-state index in [1.165, 1.54) is 12.3 Å². The van der Waals surface area contributed by atoms with E-state index in [4.69, 9.17) is 4.74 Å². The van der Waals surface area contributed by atoms with Gasteiger partial charge in [-0.15, -0.1) is 0 Å². The van der Waals surface area contributed by atoms with Crippen molar-refractivity contribution in [2.24, 2.45) is 5.92 Å². The van der Waals surface area contributed by atoms with Crippen molar-refractivity contribution in [2.75, 3.05) is 11.9 Å². The lowest BCUT2D eigenvalue weighted by molar-refractivity contribution is 0.0944. The molecule has 6 nitrogen and oxygen atoms in total. The molecule has 0 bridgehead atoms. The summed E-state index contributed by atoms with van der Waals surface area (Å²) in [5.74, 6) is 0.861. The van der Waals surface area contributed by atoms with E-state index in [2.05, 4.69) is 15.6 Å². The van der Waals surface area contributed by atoms with Gasteiger partial charge in [0, 0.05) is 18.3 Å². The molecule has 0 unspecified atom stereocenters. The fourth-order valence-corrected chi connectivity index (χ4v) is 2.55. The molecule has 0 atom stereocenters. The Bertz CT molecular complexity index is 987. The van der Waals surface area contributed by atoms with Gasteiger partial charge in [0.05, 0.1) is 5.69 Å². The Balaban J connectivity index is 1.74. The van der Waals surface area contributed by atoms with Crippen LogP contribution in [-0.4, -0.2) is 23.3 Å². The summed E-state index contributed by atoms with van der Waals surface area (Å²) in [7, 11) is 0. The third kappa shape index (κ3) is 5.65. The summed E-state index contributed by atoms with van der Waals surface area (Å²) in [6.07, 6.45) is 1.45. The lowest BCUT2D eigenvalue weighted by atomic mass is 10.2. The van der Waals surface area contributed by atoms with Crippen molar-refractivity contribution >= 4 is 17.5 Å². The van der Waals surface area contributed by atoms with Crippen LogP contribution in [0.3, 0.4) is 0 Å². The summed E-state index contributed by atoms with van der Waals surface area (Å²) in [5, 5.41) is 5.64. The fraction of sp³-hybridized carbons (Fsp3) is 0.174. The zero-order valence-electron chi connectivity index (χ0n) is 16.4. The smallest absolute Gasteiger partial charge is 0.269 e. The Morgan fingerprint density at radius 2 is 1.69 bits per heavy atom. The number of benzene rings is 2. The van der Waals surface area contributed by atoms with Crippen molar-refractivity contribution in [3.63, 3.8) is 0 Å². The van der Waals surface area contributed by atoms with Gasteiger partial charge < -0.3 is 15.4 Å². The topological polar surface area (TPSA) is 80.3 Å². The van der Waals surface area contributed by atoms with Gasteiger partial charge in [0.25, 0.3) is 11.8 Å². The molecule has 2 N–H and O–H groups in total. The monoisotopic (exact) mass is 389 g/mol. The second-order valence-corrected chi connectivity index (χ2v) is 6.90. The number of para-hydroxylation sites is 3. The van der Waals surface area contributed by atoms with Gasteiger partial charge in [-0.3, -0.25) is 14.6 Å². The predicted octanol–water partition coefficient (Wildman–Crippen LogP) is 4.51. The lowest BCUT2D eigenvalue weighted by Gasteiger charge is -2.12. The fourth-order valence-electron chi connectivity index (χ4n) is 2.55. The van der Waals surface area contributed by atoms with Crippen molar-refractivity contribution in [1.82, 2.24) is 10.3 Å². The highest BCUT2D eigenvalue weighted by atomic mass is 16.5. The molecule has 148 valence electrons. The molecular formula is C23H23N3O3. The molecule has 3 rings (SSSR count). The average Bonchev–Trinajstić information content (AvgIpc) is 2.74. The molecule has 2 amide bonds. The molecule has 0 spiro atoms. The minimum atomic E-state index is -0.352. The average molecular weight is 389 g/mol. The molecule has 2 aromatic carbocycles. The molecule has 0 aliphatic rings. The van der Waals surface area contributed by atoms with Crippen molar-refractivity contribution in [3.05, 3.63) is 84.2 Å². The van der Waals surface area contributed by atoms with Gasteiger partial charge in [0.1, 0.15) is 11.4 Å². The number of hydrogen-bond acceptors (Lipinski definition) is 4. The number of anilines is 1. The molecular weight excluding hydrogens is 366 g/mol. The van der Waals surface area contributed by atoms with Crippen molar-refractivity contribution in [1.29, 1.82) is 0 Å². The molecule has 1 heterocycles. The Kier molecular flexibility index (Phi) is 6.58. The summed E-state index contributed by atoms with van der Waals surface area (Å²) in [4.78, 5) is 29.0. The molecule has 3 aromatic rings. The van der Waals surface area contributed by atoms with E-state index in [1.807, 2.05) is 56.3 Å². The molecule has 6 heteroatoms. The minimum absolute atomic E-state index is 0.201. The number of nitrogens with one attached hydrogen (secondary N) is 2. The van der Waals surface area contributed by atoms with Crippen LogP contribution in [0.15, 0.2) is 72.9 Å². The highest BCUT2D eigenvalue weighted by Gasteiger charge is 2.14. The lowest BCUT2D eigenvalue weighted by Crippen LogP contribution is -2.28. The summed E-state index contributed by atoms with van der Waals surface area (Å²) in [5.41, 5.74) is 1.07. The van der Waals surface area contributed by atoms with Gasteiger partial charge in [0.15, 0.2) is 5.75 Å². The van der Waals surface area contributed by atoms with E-state index in [9.17, 15) is 9.59 Å². The number of carbonyl (C=O) groups is 2. The molecule has 1 aromatic heterocycles. The highest BCUT2D eigenvalue weighted by Crippen LogP contribution is 2.29. The van der Waals surface area contributed by atoms with Crippen LogP contribution in [0.5, 0.6) is 11.5 Å². The second-order valence-electron chi connectivity index (χ2n) is 6.90. The van der Waals surface area contributed by atoms with Crippen LogP contribution in [0.25, 0.3) is 0 Å².